The Morgan fingerprint density at radius 1 is 1.24 bits per heavy atom. The van der Waals surface area contributed by atoms with Crippen LogP contribution in [0.15, 0.2) is 21.5 Å². The quantitative estimate of drug-likeness (QED) is 0.624. The summed E-state index contributed by atoms with van der Waals surface area (Å²) in [5.74, 6) is 2.88. The molecule has 1 saturated heterocycles. The van der Waals surface area contributed by atoms with Gasteiger partial charge in [-0.25, -0.2) is 0 Å². The van der Waals surface area contributed by atoms with Crippen molar-refractivity contribution in [3.8, 4) is 0 Å². The number of nitrogens with zero attached hydrogens (tertiary/aromatic N) is 2. The molecule has 2 heterocycles. The van der Waals surface area contributed by atoms with Gasteiger partial charge in [0.15, 0.2) is 5.96 Å². The number of nitrogens with one attached hydrogen (secondary N) is 2. The van der Waals surface area contributed by atoms with Gasteiger partial charge in [0.05, 0.1) is 12.6 Å². The first kappa shape index (κ1) is 15.9. The summed E-state index contributed by atoms with van der Waals surface area (Å²) < 4.78 is 5.86. The van der Waals surface area contributed by atoms with Gasteiger partial charge in [-0.05, 0) is 58.8 Å². The molecule has 118 valence electrons. The normalized spacial score (nSPS) is 16.7. The predicted octanol–water partition coefficient (Wildman–Crippen LogP) is 2.30. The van der Waals surface area contributed by atoms with Crippen LogP contribution in [0.4, 0.5) is 0 Å². The third-order valence-corrected chi connectivity index (χ3v) is 3.78. The van der Waals surface area contributed by atoms with Crippen LogP contribution in [0.5, 0.6) is 0 Å². The molecule has 1 aromatic rings. The number of furan rings is 1. The smallest absolute Gasteiger partial charge is 0.191 e. The van der Waals surface area contributed by atoms with E-state index in [4.69, 9.17) is 9.41 Å². The molecule has 1 unspecified atom stereocenters. The van der Waals surface area contributed by atoms with Gasteiger partial charge in [0.25, 0.3) is 0 Å². The summed E-state index contributed by atoms with van der Waals surface area (Å²) in [6, 6.07) is 4.37. The van der Waals surface area contributed by atoms with E-state index in [9.17, 15) is 0 Å². The largest absolute Gasteiger partial charge is 0.465 e. The molecule has 1 fully saturated rings. The van der Waals surface area contributed by atoms with Crippen LogP contribution in [-0.2, 0) is 0 Å². The highest BCUT2D eigenvalue weighted by Crippen LogP contribution is 2.26. The maximum atomic E-state index is 5.86. The molecule has 2 rings (SSSR count). The molecule has 5 nitrogen and oxygen atoms in total. The Hall–Kier alpha value is -1.49. The Balaban J connectivity index is 2.09. The lowest BCUT2D eigenvalue weighted by Crippen LogP contribution is -2.38. The third kappa shape index (κ3) is 4.49. The summed E-state index contributed by atoms with van der Waals surface area (Å²) in [6.45, 7) is 10.9. The van der Waals surface area contributed by atoms with Crippen LogP contribution in [0.3, 0.4) is 0 Å². The maximum Gasteiger partial charge on any atom is 0.191 e. The minimum absolute atomic E-state index is 0.244. The number of aryl methyl sites for hydroxylation is 1. The molecule has 2 N–H and O–H groups in total. The van der Waals surface area contributed by atoms with Crippen molar-refractivity contribution in [1.82, 2.24) is 15.5 Å². The van der Waals surface area contributed by atoms with Gasteiger partial charge >= 0.3 is 0 Å². The molecule has 0 bridgehead atoms. The van der Waals surface area contributed by atoms with E-state index >= 15 is 0 Å². The summed E-state index contributed by atoms with van der Waals surface area (Å²) in [7, 11) is 0. The molecule has 1 aromatic heterocycles. The van der Waals surface area contributed by atoms with Crippen molar-refractivity contribution in [2.24, 2.45) is 4.99 Å². The first-order valence-electron chi connectivity index (χ1n) is 8.07. The van der Waals surface area contributed by atoms with Crippen molar-refractivity contribution >= 4 is 5.96 Å². The number of likely N-dealkylation sites (tertiary alicyclic amines) is 1. The Kier molecular flexibility index (Phi) is 6.11. The standard InChI is InChI=1S/C16H28N4O/c1-4-17-16(18-5-2)19-12-14(20-10-6-7-11-20)15-9-8-13(3)21-15/h8-9,14H,4-7,10-12H2,1-3H3,(H2,17,18,19). The maximum absolute atomic E-state index is 5.86. The first-order valence-corrected chi connectivity index (χ1v) is 8.07. The Morgan fingerprint density at radius 2 is 1.90 bits per heavy atom. The molecule has 1 aliphatic heterocycles. The molecule has 1 atom stereocenters. The van der Waals surface area contributed by atoms with Gasteiger partial charge in [0.2, 0.25) is 0 Å². The second-order valence-electron chi connectivity index (χ2n) is 5.46. The highest BCUT2D eigenvalue weighted by molar-refractivity contribution is 5.79. The van der Waals surface area contributed by atoms with Crippen LogP contribution >= 0.6 is 0 Å². The van der Waals surface area contributed by atoms with E-state index in [2.05, 4.69) is 35.4 Å². The van der Waals surface area contributed by atoms with E-state index in [1.807, 2.05) is 13.0 Å². The van der Waals surface area contributed by atoms with Crippen LogP contribution in [-0.4, -0.2) is 43.6 Å². The van der Waals surface area contributed by atoms with Crippen LogP contribution in [0, 0.1) is 6.92 Å². The Labute approximate surface area is 127 Å². The van der Waals surface area contributed by atoms with E-state index in [0.29, 0.717) is 0 Å². The number of guanidine groups is 1. The lowest BCUT2D eigenvalue weighted by atomic mass is 10.2. The van der Waals surface area contributed by atoms with Crippen molar-refractivity contribution in [1.29, 1.82) is 0 Å². The van der Waals surface area contributed by atoms with E-state index in [1.165, 1.54) is 12.8 Å². The van der Waals surface area contributed by atoms with Crippen LogP contribution in [0.25, 0.3) is 0 Å². The second-order valence-corrected chi connectivity index (χ2v) is 5.46. The molecule has 0 aromatic carbocycles. The molecule has 0 spiro atoms. The monoisotopic (exact) mass is 292 g/mol. The fraction of sp³-hybridized carbons (Fsp3) is 0.688. The highest BCUT2D eigenvalue weighted by Gasteiger charge is 2.25. The number of aliphatic imine (C=N–C) groups is 1. The van der Waals surface area contributed by atoms with E-state index in [-0.39, 0.29) is 6.04 Å². The number of hydrogen-bond donors (Lipinski definition) is 2. The van der Waals surface area contributed by atoms with E-state index < -0.39 is 0 Å². The minimum atomic E-state index is 0.244. The SMILES string of the molecule is CCNC(=NCC(c1ccc(C)o1)N1CCCC1)NCC. The molecule has 1 aliphatic rings. The van der Waals surface area contributed by atoms with E-state index in [0.717, 1.165) is 50.2 Å². The van der Waals surface area contributed by atoms with Crippen LogP contribution in [0.1, 0.15) is 44.3 Å². The summed E-state index contributed by atoms with van der Waals surface area (Å²) in [4.78, 5) is 7.21. The van der Waals surface area contributed by atoms with Crippen LogP contribution < -0.4 is 10.6 Å². The van der Waals surface area contributed by atoms with Gasteiger partial charge in [-0.3, -0.25) is 9.89 Å². The highest BCUT2D eigenvalue weighted by atomic mass is 16.3. The topological polar surface area (TPSA) is 52.8 Å². The summed E-state index contributed by atoms with van der Waals surface area (Å²) in [5, 5.41) is 6.55. The fourth-order valence-electron chi connectivity index (χ4n) is 2.76. The zero-order chi connectivity index (χ0) is 15.1. The first-order chi connectivity index (χ1) is 10.2. The summed E-state index contributed by atoms with van der Waals surface area (Å²) in [5.41, 5.74) is 0. The van der Waals surface area contributed by atoms with Gasteiger partial charge in [-0.2, -0.15) is 0 Å². The van der Waals surface area contributed by atoms with Gasteiger partial charge in [-0.1, -0.05) is 0 Å². The third-order valence-electron chi connectivity index (χ3n) is 3.78. The van der Waals surface area contributed by atoms with Crippen LogP contribution in [0.2, 0.25) is 0 Å². The molecular weight excluding hydrogens is 264 g/mol. The number of hydrogen-bond acceptors (Lipinski definition) is 3. The Bertz CT molecular complexity index is 441. The van der Waals surface area contributed by atoms with Crippen molar-refractivity contribution in [3.63, 3.8) is 0 Å². The van der Waals surface area contributed by atoms with E-state index in [1.54, 1.807) is 0 Å². The van der Waals surface area contributed by atoms with Gasteiger partial charge in [-0.15, -0.1) is 0 Å². The number of rotatable bonds is 6. The minimum Gasteiger partial charge on any atom is -0.465 e. The van der Waals surface area contributed by atoms with Gasteiger partial charge in [0.1, 0.15) is 11.5 Å². The van der Waals surface area contributed by atoms with Gasteiger partial charge < -0.3 is 15.1 Å². The lowest BCUT2D eigenvalue weighted by molar-refractivity contribution is 0.219. The average Bonchev–Trinajstić information content (AvgIpc) is 3.12. The van der Waals surface area contributed by atoms with Crippen molar-refractivity contribution in [2.45, 2.75) is 39.7 Å². The zero-order valence-electron chi connectivity index (χ0n) is 13.5. The molecule has 21 heavy (non-hydrogen) atoms. The summed E-state index contributed by atoms with van der Waals surface area (Å²) >= 11 is 0. The van der Waals surface area contributed by atoms with Crippen molar-refractivity contribution in [2.75, 3.05) is 32.7 Å². The van der Waals surface area contributed by atoms with Gasteiger partial charge in [0, 0.05) is 13.1 Å². The lowest BCUT2D eigenvalue weighted by Gasteiger charge is -2.24. The second kappa shape index (κ2) is 8.08. The molecule has 5 heteroatoms. The molecule has 0 aliphatic carbocycles. The predicted molar refractivity (Wildman–Crippen MR) is 86.6 cm³/mol. The molecule has 0 amide bonds. The molecule has 0 saturated carbocycles. The fourth-order valence-corrected chi connectivity index (χ4v) is 2.76. The summed E-state index contributed by atoms with van der Waals surface area (Å²) in [6.07, 6.45) is 2.54. The molecule has 0 radical (unpaired) electrons. The average molecular weight is 292 g/mol. The Morgan fingerprint density at radius 3 is 2.43 bits per heavy atom. The van der Waals surface area contributed by atoms with Crippen molar-refractivity contribution < 1.29 is 4.42 Å². The van der Waals surface area contributed by atoms with Crippen molar-refractivity contribution in [3.05, 3.63) is 23.7 Å². The zero-order valence-corrected chi connectivity index (χ0v) is 13.5. The molecular formula is C16H28N4O.